The lowest BCUT2D eigenvalue weighted by Gasteiger charge is -2.33. The first-order valence-corrected chi connectivity index (χ1v) is 10.2. The molecule has 5 nitrogen and oxygen atoms in total. The van der Waals surface area contributed by atoms with Crippen LogP contribution in [0.1, 0.15) is 25.7 Å². The van der Waals surface area contributed by atoms with E-state index in [2.05, 4.69) is 51.1 Å². The van der Waals surface area contributed by atoms with Crippen LogP contribution in [0.4, 0.5) is 5.82 Å². The van der Waals surface area contributed by atoms with E-state index < -0.39 is 0 Å². The lowest BCUT2D eigenvalue weighted by molar-refractivity contribution is 0.191. The second-order valence-electron chi connectivity index (χ2n) is 8.23. The van der Waals surface area contributed by atoms with Crippen molar-refractivity contribution in [3.63, 3.8) is 0 Å². The van der Waals surface area contributed by atoms with Gasteiger partial charge in [-0.05, 0) is 61.9 Å². The van der Waals surface area contributed by atoms with E-state index in [0.29, 0.717) is 5.92 Å². The highest BCUT2D eigenvalue weighted by molar-refractivity contribution is 5.88. The van der Waals surface area contributed by atoms with Crippen LogP contribution in [-0.4, -0.2) is 38.8 Å². The number of piperidine rings is 1. The second kappa shape index (κ2) is 7.06. The molecule has 1 saturated carbocycles. The number of anilines is 1. The highest BCUT2D eigenvalue weighted by Crippen LogP contribution is 2.33. The van der Waals surface area contributed by atoms with Crippen LogP contribution in [0.2, 0.25) is 0 Å². The van der Waals surface area contributed by atoms with Gasteiger partial charge in [0.25, 0.3) is 0 Å². The number of benzene rings is 1. The van der Waals surface area contributed by atoms with Crippen molar-refractivity contribution in [2.24, 2.45) is 13.0 Å². The van der Waals surface area contributed by atoms with Gasteiger partial charge in [-0.3, -0.25) is 4.68 Å². The summed E-state index contributed by atoms with van der Waals surface area (Å²) in [5.41, 5.74) is 3.40. The predicted octanol–water partition coefficient (Wildman–Crippen LogP) is 4.44. The van der Waals surface area contributed by atoms with Crippen LogP contribution < -0.4 is 5.32 Å². The number of likely N-dealkylation sites (tertiary alicyclic amines) is 1. The molecule has 0 atom stereocenters. The van der Waals surface area contributed by atoms with E-state index in [1.54, 1.807) is 0 Å². The van der Waals surface area contributed by atoms with Gasteiger partial charge in [0.05, 0.1) is 6.20 Å². The summed E-state index contributed by atoms with van der Waals surface area (Å²) >= 11 is 0. The van der Waals surface area contributed by atoms with E-state index in [-0.39, 0.29) is 0 Å². The molecular formula is C23H27N5. The Morgan fingerprint density at radius 1 is 1.04 bits per heavy atom. The zero-order valence-electron chi connectivity index (χ0n) is 16.4. The molecule has 1 saturated heterocycles. The topological polar surface area (TPSA) is 46.0 Å². The third kappa shape index (κ3) is 3.54. The number of pyridine rings is 1. The molecule has 1 N–H and O–H groups in total. The van der Waals surface area contributed by atoms with Crippen molar-refractivity contribution < 1.29 is 0 Å². The maximum absolute atomic E-state index is 4.60. The molecule has 5 heteroatoms. The van der Waals surface area contributed by atoms with E-state index in [4.69, 9.17) is 0 Å². The Kier molecular flexibility index (Phi) is 4.40. The number of hydrogen-bond acceptors (Lipinski definition) is 4. The van der Waals surface area contributed by atoms with Gasteiger partial charge in [-0.25, -0.2) is 4.98 Å². The van der Waals surface area contributed by atoms with Crippen LogP contribution in [0.5, 0.6) is 0 Å². The number of nitrogens with zero attached hydrogens (tertiary/aromatic N) is 4. The molecular weight excluding hydrogens is 346 g/mol. The van der Waals surface area contributed by atoms with Crippen molar-refractivity contribution >= 4 is 16.6 Å². The van der Waals surface area contributed by atoms with Crippen LogP contribution in [-0.2, 0) is 7.05 Å². The SMILES string of the molecule is C=C(Nc1cc2cc(-c3cnn(C)c3)ccc2cn1)C1CCN(C2CC2)CC1. The molecule has 2 fully saturated rings. The smallest absolute Gasteiger partial charge is 0.130 e. The normalized spacial score (nSPS) is 18.5. The minimum Gasteiger partial charge on any atom is -0.344 e. The van der Waals surface area contributed by atoms with E-state index in [9.17, 15) is 0 Å². The molecule has 144 valence electrons. The highest BCUT2D eigenvalue weighted by Gasteiger charge is 2.32. The molecule has 2 aromatic heterocycles. The minimum absolute atomic E-state index is 0.536. The standard InChI is InChI=1S/C23H27N5/c1-16(17-7-9-28(10-8-17)22-5-6-22)26-23-12-20-11-18(3-4-19(20)13-24-23)21-14-25-27(2)15-21/h3-4,11-15,17,22H,1,5-10H2,2H3,(H,24,26). The molecule has 1 aliphatic heterocycles. The van der Waals surface area contributed by atoms with Gasteiger partial charge in [0.15, 0.2) is 0 Å². The van der Waals surface area contributed by atoms with Gasteiger partial charge in [0.1, 0.15) is 5.82 Å². The Bertz CT molecular complexity index is 1010. The Balaban J connectivity index is 1.30. The van der Waals surface area contributed by atoms with Crippen molar-refractivity contribution in [1.82, 2.24) is 19.7 Å². The van der Waals surface area contributed by atoms with E-state index >= 15 is 0 Å². The Hall–Kier alpha value is -2.66. The summed E-state index contributed by atoms with van der Waals surface area (Å²) in [7, 11) is 1.94. The van der Waals surface area contributed by atoms with Crippen molar-refractivity contribution in [3.05, 3.63) is 55.1 Å². The van der Waals surface area contributed by atoms with Crippen molar-refractivity contribution in [2.45, 2.75) is 31.7 Å². The number of hydrogen-bond donors (Lipinski definition) is 1. The molecule has 5 rings (SSSR count). The predicted molar refractivity (Wildman–Crippen MR) is 114 cm³/mol. The summed E-state index contributed by atoms with van der Waals surface area (Å²) in [6, 6.07) is 9.45. The van der Waals surface area contributed by atoms with Crippen LogP contribution in [0.15, 0.2) is 55.1 Å². The fourth-order valence-corrected chi connectivity index (χ4v) is 4.28. The Morgan fingerprint density at radius 2 is 1.86 bits per heavy atom. The third-order valence-electron chi connectivity index (χ3n) is 6.13. The van der Waals surface area contributed by atoms with Crippen LogP contribution >= 0.6 is 0 Å². The summed E-state index contributed by atoms with van der Waals surface area (Å²) in [5.74, 6) is 1.42. The molecule has 1 aliphatic carbocycles. The van der Waals surface area contributed by atoms with Crippen LogP contribution in [0, 0.1) is 5.92 Å². The summed E-state index contributed by atoms with van der Waals surface area (Å²) in [4.78, 5) is 7.25. The molecule has 3 aromatic rings. The van der Waals surface area contributed by atoms with Crippen molar-refractivity contribution in [3.8, 4) is 11.1 Å². The van der Waals surface area contributed by atoms with Gasteiger partial charge >= 0.3 is 0 Å². The first-order chi connectivity index (χ1) is 13.7. The molecule has 3 heterocycles. The second-order valence-corrected chi connectivity index (χ2v) is 8.23. The highest BCUT2D eigenvalue weighted by atomic mass is 15.2. The molecule has 0 bridgehead atoms. The molecule has 1 aromatic carbocycles. The average molecular weight is 374 g/mol. The summed E-state index contributed by atoms with van der Waals surface area (Å²) in [5, 5.41) is 10.1. The maximum Gasteiger partial charge on any atom is 0.130 e. The van der Waals surface area contributed by atoms with Crippen LogP contribution in [0.25, 0.3) is 21.9 Å². The quantitative estimate of drug-likeness (QED) is 0.718. The zero-order chi connectivity index (χ0) is 19.1. The molecule has 0 amide bonds. The third-order valence-corrected chi connectivity index (χ3v) is 6.13. The number of fused-ring (bicyclic) bond motifs is 1. The number of rotatable bonds is 5. The monoisotopic (exact) mass is 373 g/mol. The Morgan fingerprint density at radius 3 is 2.57 bits per heavy atom. The zero-order valence-corrected chi connectivity index (χ0v) is 16.4. The minimum atomic E-state index is 0.536. The van der Waals surface area contributed by atoms with E-state index in [1.165, 1.54) is 49.7 Å². The fraction of sp³-hybridized carbons (Fsp3) is 0.391. The average Bonchev–Trinajstić information content (AvgIpc) is 3.48. The van der Waals surface area contributed by atoms with E-state index in [0.717, 1.165) is 28.5 Å². The van der Waals surface area contributed by atoms with Gasteiger partial charge in [0.2, 0.25) is 0 Å². The summed E-state index contributed by atoms with van der Waals surface area (Å²) < 4.78 is 1.83. The molecule has 28 heavy (non-hydrogen) atoms. The number of allylic oxidation sites excluding steroid dienone is 1. The lowest BCUT2D eigenvalue weighted by Crippen LogP contribution is -2.36. The van der Waals surface area contributed by atoms with Gasteiger partial charge in [-0.1, -0.05) is 18.7 Å². The molecule has 0 spiro atoms. The number of nitrogens with one attached hydrogen (secondary N) is 1. The summed E-state index contributed by atoms with van der Waals surface area (Å²) in [6.07, 6.45) is 11.1. The van der Waals surface area contributed by atoms with Crippen molar-refractivity contribution in [1.29, 1.82) is 0 Å². The van der Waals surface area contributed by atoms with Gasteiger partial charge in [-0.2, -0.15) is 5.10 Å². The van der Waals surface area contributed by atoms with Crippen LogP contribution in [0.3, 0.4) is 0 Å². The fourth-order valence-electron chi connectivity index (χ4n) is 4.28. The van der Waals surface area contributed by atoms with E-state index in [1.807, 2.05) is 30.3 Å². The van der Waals surface area contributed by atoms with Gasteiger partial charge in [-0.15, -0.1) is 0 Å². The number of aromatic nitrogens is 3. The molecule has 0 unspecified atom stereocenters. The number of aryl methyl sites for hydroxylation is 1. The molecule has 0 radical (unpaired) electrons. The first-order valence-electron chi connectivity index (χ1n) is 10.2. The maximum atomic E-state index is 4.60. The largest absolute Gasteiger partial charge is 0.344 e. The Labute approximate surface area is 166 Å². The first kappa shape index (κ1) is 17.4. The molecule has 2 aliphatic rings. The van der Waals surface area contributed by atoms with Gasteiger partial charge in [0, 0.05) is 48.0 Å². The van der Waals surface area contributed by atoms with Gasteiger partial charge < -0.3 is 10.2 Å². The lowest BCUT2D eigenvalue weighted by atomic mass is 9.94. The summed E-state index contributed by atoms with van der Waals surface area (Å²) in [6.45, 7) is 6.73. The van der Waals surface area contributed by atoms with Crippen molar-refractivity contribution in [2.75, 3.05) is 18.4 Å².